The first kappa shape index (κ1) is 14.5. The molecule has 6 nitrogen and oxygen atoms in total. The highest BCUT2D eigenvalue weighted by molar-refractivity contribution is 6.30. The van der Waals surface area contributed by atoms with Gasteiger partial charge in [0, 0.05) is 17.6 Å². The summed E-state index contributed by atoms with van der Waals surface area (Å²) in [5.74, 6) is 0.884. The van der Waals surface area contributed by atoms with Gasteiger partial charge < -0.3 is 9.73 Å². The summed E-state index contributed by atoms with van der Waals surface area (Å²) in [6.45, 7) is 2.38. The van der Waals surface area contributed by atoms with Crippen molar-refractivity contribution in [1.29, 1.82) is 0 Å². The topological polar surface area (TPSA) is 71.3 Å². The molecule has 1 heterocycles. The van der Waals surface area contributed by atoms with Gasteiger partial charge in [0.05, 0.1) is 13.1 Å². The molecule has 0 aliphatic rings. The zero-order valence-corrected chi connectivity index (χ0v) is 12.0. The van der Waals surface area contributed by atoms with Crippen LogP contribution in [0.25, 0.3) is 0 Å². The fourth-order valence-electron chi connectivity index (χ4n) is 1.67. The predicted octanol–water partition coefficient (Wildman–Crippen LogP) is 2.10. The van der Waals surface area contributed by atoms with Crippen LogP contribution in [0.5, 0.6) is 0 Å². The van der Waals surface area contributed by atoms with Gasteiger partial charge in [-0.3, -0.25) is 9.69 Å². The third kappa shape index (κ3) is 4.32. The van der Waals surface area contributed by atoms with Gasteiger partial charge in [-0.15, -0.1) is 10.2 Å². The Morgan fingerprint density at radius 2 is 2.05 bits per heavy atom. The predicted molar refractivity (Wildman–Crippen MR) is 75.5 cm³/mol. The van der Waals surface area contributed by atoms with Crippen molar-refractivity contribution >= 4 is 23.2 Å². The number of anilines is 1. The Kier molecular flexibility index (Phi) is 4.70. The Hall–Kier alpha value is -1.92. The van der Waals surface area contributed by atoms with Crippen molar-refractivity contribution in [3.8, 4) is 0 Å². The second-order valence-corrected chi connectivity index (χ2v) is 4.88. The lowest BCUT2D eigenvalue weighted by Crippen LogP contribution is -2.29. The van der Waals surface area contributed by atoms with E-state index in [9.17, 15) is 4.79 Å². The van der Waals surface area contributed by atoms with E-state index in [4.69, 9.17) is 16.0 Å². The van der Waals surface area contributed by atoms with E-state index in [0.717, 1.165) is 0 Å². The van der Waals surface area contributed by atoms with Crippen LogP contribution in [0.1, 0.15) is 11.8 Å². The molecule has 0 radical (unpaired) electrons. The monoisotopic (exact) mass is 294 g/mol. The van der Waals surface area contributed by atoms with Crippen LogP contribution >= 0.6 is 11.6 Å². The number of rotatable bonds is 5. The summed E-state index contributed by atoms with van der Waals surface area (Å²) in [5.41, 5.74) is 0.710. The second kappa shape index (κ2) is 6.49. The van der Waals surface area contributed by atoms with Gasteiger partial charge in [0.15, 0.2) is 0 Å². The molecule has 2 aromatic rings. The summed E-state index contributed by atoms with van der Waals surface area (Å²) >= 11 is 5.78. The molecule has 7 heteroatoms. The number of halogens is 1. The molecule has 0 bridgehead atoms. The number of amides is 1. The number of aryl methyl sites for hydroxylation is 1. The van der Waals surface area contributed by atoms with Gasteiger partial charge in [-0.05, 0) is 31.3 Å². The van der Waals surface area contributed by atoms with Gasteiger partial charge in [-0.25, -0.2) is 0 Å². The minimum Gasteiger partial charge on any atom is -0.424 e. The molecule has 1 aromatic heterocycles. The van der Waals surface area contributed by atoms with Crippen molar-refractivity contribution in [1.82, 2.24) is 15.1 Å². The lowest BCUT2D eigenvalue weighted by Gasteiger charge is -2.14. The number of nitrogens with zero attached hydrogens (tertiary/aromatic N) is 3. The van der Waals surface area contributed by atoms with Crippen LogP contribution in [-0.4, -0.2) is 34.6 Å². The Morgan fingerprint density at radius 3 is 2.65 bits per heavy atom. The number of nitrogens with one attached hydrogen (secondary N) is 1. The highest BCUT2D eigenvalue weighted by atomic mass is 35.5. The van der Waals surface area contributed by atoms with E-state index in [-0.39, 0.29) is 12.5 Å². The van der Waals surface area contributed by atoms with E-state index >= 15 is 0 Å². The number of hydrogen-bond donors (Lipinski definition) is 1. The first-order chi connectivity index (χ1) is 9.52. The summed E-state index contributed by atoms with van der Waals surface area (Å²) in [6, 6.07) is 6.95. The fraction of sp³-hybridized carbons (Fsp3) is 0.308. The van der Waals surface area contributed by atoms with E-state index in [2.05, 4.69) is 15.5 Å². The summed E-state index contributed by atoms with van der Waals surface area (Å²) in [4.78, 5) is 13.6. The third-order valence-corrected chi connectivity index (χ3v) is 2.77. The van der Waals surface area contributed by atoms with Gasteiger partial charge in [0.2, 0.25) is 17.7 Å². The summed E-state index contributed by atoms with van der Waals surface area (Å²) in [7, 11) is 1.81. The summed E-state index contributed by atoms with van der Waals surface area (Å²) in [5, 5.41) is 11.0. The molecule has 0 saturated carbocycles. The van der Waals surface area contributed by atoms with Crippen molar-refractivity contribution in [3.05, 3.63) is 41.1 Å². The summed E-state index contributed by atoms with van der Waals surface area (Å²) in [6.07, 6.45) is 0. The molecule has 0 aliphatic heterocycles. The quantitative estimate of drug-likeness (QED) is 0.914. The van der Waals surface area contributed by atoms with E-state index in [1.54, 1.807) is 43.1 Å². The molecule has 1 N–H and O–H groups in total. The second-order valence-electron chi connectivity index (χ2n) is 4.44. The van der Waals surface area contributed by atoms with E-state index in [1.165, 1.54) is 0 Å². The van der Waals surface area contributed by atoms with Gasteiger partial charge in [0.25, 0.3) is 0 Å². The molecule has 0 aliphatic carbocycles. The first-order valence-corrected chi connectivity index (χ1v) is 6.43. The number of benzene rings is 1. The van der Waals surface area contributed by atoms with Crippen LogP contribution in [0.4, 0.5) is 5.69 Å². The minimum absolute atomic E-state index is 0.119. The smallest absolute Gasteiger partial charge is 0.238 e. The summed E-state index contributed by atoms with van der Waals surface area (Å²) < 4.78 is 5.26. The highest BCUT2D eigenvalue weighted by Gasteiger charge is 2.10. The van der Waals surface area contributed by atoms with Crippen molar-refractivity contribution in [3.63, 3.8) is 0 Å². The van der Waals surface area contributed by atoms with Crippen molar-refractivity contribution in [2.75, 3.05) is 18.9 Å². The van der Waals surface area contributed by atoms with Crippen molar-refractivity contribution < 1.29 is 9.21 Å². The SMILES string of the molecule is Cc1nnc(CN(C)CC(=O)Nc2ccc(Cl)cc2)o1. The molecular weight excluding hydrogens is 280 g/mol. The van der Waals surface area contributed by atoms with Crippen LogP contribution in [-0.2, 0) is 11.3 Å². The Bertz CT molecular complexity index is 582. The lowest BCUT2D eigenvalue weighted by molar-refractivity contribution is -0.117. The molecule has 0 fully saturated rings. The zero-order chi connectivity index (χ0) is 14.5. The molecule has 0 atom stereocenters. The van der Waals surface area contributed by atoms with Crippen LogP contribution in [0.2, 0.25) is 5.02 Å². The lowest BCUT2D eigenvalue weighted by atomic mass is 10.3. The molecule has 0 saturated heterocycles. The van der Waals surface area contributed by atoms with Gasteiger partial charge in [0.1, 0.15) is 0 Å². The van der Waals surface area contributed by atoms with Gasteiger partial charge in [-0.1, -0.05) is 11.6 Å². The molecule has 0 spiro atoms. The molecule has 20 heavy (non-hydrogen) atoms. The molecule has 1 amide bonds. The molecular formula is C13H15ClN4O2. The maximum absolute atomic E-state index is 11.9. The third-order valence-electron chi connectivity index (χ3n) is 2.51. The van der Waals surface area contributed by atoms with E-state index in [1.807, 2.05) is 0 Å². The van der Waals surface area contributed by atoms with Crippen molar-refractivity contribution in [2.45, 2.75) is 13.5 Å². The largest absolute Gasteiger partial charge is 0.424 e. The fourth-order valence-corrected chi connectivity index (χ4v) is 1.79. The van der Waals surface area contributed by atoms with Crippen molar-refractivity contribution in [2.24, 2.45) is 0 Å². The Labute approximate surface area is 121 Å². The Morgan fingerprint density at radius 1 is 1.35 bits per heavy atom. The van der Waals surface area contributed by atoms with Crippen LogP contribution in [0.15, 0.2) is 28.7 Å². The molecule has 1 aromatic carbocycles. The average Bonchev–Trinajstić information content (AvgIpc) is 2.77. The van der Waals surface area contributed by atoms with Crippen LogP contribution in [0.3, 0.4) is 0 Å². The number of aromatic nitrogens is 2. The highest BCUT2D eigenvalue weighted by Crippen LogP contribution is 2.13. The molecule has 2 rings (SSSR count). The maximum atomic E-state index is 11.9. The standard InChI is InChI=1S/C13H15ClN4O2/c1-9-16-17-13(20-9)8-18(2)7-12(19)15-11-5-3-10(14)4-6-11/h3-6H,7-8H2,1-2H3,(H,15,19). The minimum atomic E-state index is -0.119. The van der Waals surface area contributed by atoms with E-state index < -0.39 is 0 Å². The first-order valence-electron chi connectivity index (χ1n) is 6.06. The Balaban J connectivity index is 1.83. The molecule has 106 valence electrons. The van der Waals surface area contributed by atoms with Gasteiger partial charge >= 0.3 is 0 Å². The normalized spacial score (nSPS) is 10.8. The van der Waals surface area contributed by atoms with E-state index in [0.29, 0.717) is 29.0 Å². The average molecular weight is 295 g/mol. The number of hydrogen-bond acceptors (Lipinski definition) is 5. The number of carbonyl (C=O) groups excluding carboxylic acids is 1. The maximum Gasteiger partial charge on any atom is 0.238 e. The number of likely N-dealkylation sites (N-methyl/N-ethyl adjacent to an activating group) is 1. The van der Waals surface area contributed by atoms with Crippen LogP contribution < -0.4 is 5.32 Å². The number of carbonyl (C=O) groups is 1. The zero-order valence-electron chi connectivity index (χ0n) is 11.3. The molecule has 0 unspecified atom stereocenters. The van der Waals surface area contributed by atoms with Gasteiger partial charge in [-0.2, -0.15) is 0 Å². The van der Waals surface area contributed by atoms with Crippen LogP contribution in [0, 0.1) is 6.92 Å².